The molecule has 2 heterocycles. The Hall–Kier alpha value is -1.29. The zero-order valence-electron chi connectivity index (χ0n) is 12.8. The van der Waals surface area contributed by atoms with Gasteiger partial charge in [-0.2, -0.15) is 0 Å². The Morgan fingerprint density at radius 1 is 1.45 bits per heavy atom. The molecule has 1 aromatic rings. The molecule has 2 rings (SSSR count). The van der Waals surface area contributed by atoms with Gasteiger partial charge in [-0.3, -0.25) is 4.79 Å². The number of aryl methyl sites for hydroxylation is 1. The van der Waals surface area contributed by atoms with Crippen LogP contribution in [0.2, 0.25) is 0 Å². The van der Waals surface area contributed by atoms with Crippen LogP contribution in [-0.2, 0) is 11.3 Å². The van der Waals surface area contributed by atoms with Crippen LogP contribution in [0.3, 0.4) is 0 Å². The van der Waals surface area contributed by atoms with Gasteiger partial charge in [-0.25, -0.2) is 0 Å². The van der Waals surface area contributed by atoms with Gasteiger partial charge in [0.1, 0.15) is 0 Å². The third-order valence-electron chi connectivity index (χ3n) is 4.16. The lowest BCUT2D eigenvalue weighted by molar-refractivity contribution is -0.0708. The molecular weight excluding hydrogens is 252 g/mol. The molecule has 0 spiro atoms. The van der Waals surface area contributed by atoms with Crippen molar-refractivity contribution in [3.8, 4) is 0 Å². The maximum Gasteiger partial charge on any atom is 0.250 e. The molecule has 20 heavy (non-hydrogen) atoms. The molecule has 2 atom stereocenters. The van der Waals surface area contributed by atoms with Crippen molar-refractivity contribution in [2.24, 2.45) is 0 Å². The van der Waals surface area contributed by atoms with Crippen molar-refractivity contribution in [3.05, 3.63) is 28.7 Å². The zero-order chi connectivity index (χ0) is 14.6. The fourth-order valence-corrected chi connectivity index (χ4v) is 2.77. The zero-order valence-corrected chi connectivity index (χ0v) is 12.8. The first kappa shape index (κ1) is 15.1. The number of nitrogens with zero attached hydrogens (tertiary/aromatic N) is 1. The molecule has 112 valence electrons. The molecule has 1 aliphatic rings. The van der Waals surface area contributed by atoms with Crippen molar-refractivity contribution in [1.82, 2.24) is 4.57 Å². The molecular formula is C16H26N2O2. The van der Waals surface area contributed by atoms with Gasteiger partial charge in [-0.1, -0.05) is 13.8 Å². The first-order valence-electron chi connectivity index (χ1n) is 7.67. The number of pyridine rings is 1. The quantitative estimate of drug-likeness (QED) is 0.900. The monoisotopic (exact) mass is 278 g/mol. The van der Waals surface area contributed by atoms with E-state index in [1.165, 1.54) is 0 Å². The maximum absolute atomic E-state index is 11.7. The molecule has 0 amide bonds. The number of nitrogens with one attached hydrogen (secondary N) is 1. The molecule has 4 heteroatoms. The Bertz CT molecular complexity index is 497. The van der Waals surface area contributed by atoms with E-state index in [-0.39, 0.29) is 11.2 Å². The van der Waals surface area contributed by atoms with E-state index in [0.29, 0.717) is 6.04 Å². The molecule has 1 aromatic heterocycles. The molecule has 0 aliphatic carbocycles. The lowest BCUT2D eigenvalue weighted by Crippen LogP contribution is -2.42. The Balaban J connectivity index is 2.06. The van der Waals surface area contributed by atoms with Crippen molar-refractivity contribution in [2.45, 2.75) is 64.6 Å². The second-order valence-corrected chi connectivity index (χ2v) is 5.94. The normalized spacial score (nSPS) is 26.4. The summed E-state index contributed by atoms with van der Waals surface area (Å²) >= 11 is 0. The van der Waals surface area contributed by atoms with Gasteiger partial charge >= 0.3 is 0 Å². The summed E-state index contributed by atoms with van der Waals surface area (Å²) in [5.74, 6) is 0. The Morgan fingerprint density at radius 3 is 2.95 bits per heavy atom. The average molecular weight is 278 g/mol. The molecule has 1 aliphatic heterocycles. The average Bonchev–Trinajstić information content (AvgIpc) is 2.43. The first-order chi connectivity index (χ1) is 9.56. The van der Waals surface area contributed by atoms with Crippen LogP contribution in [0.25, 0.3) is 0 Å². The van der Waals surface area contributed by atoms with Crippen LogP contribution >= 0.6 is 0 Å². The van der Waals surface area contributed by atoms with Gasteiger partial charge < -0.3 is 14.6 Å². The second kappa shape index (κ2) is 6.44. The van der Waals surface area contributed by atoms with Gasteiger partial charge in [-0.15, -0.1) is 0 Å². The summed E-state index contributed by atoms with van der Waals surface area (Å²) in [5, 5.41) is 3.56. The topological polar surface area (TPSA) is 43.3 Å². The highest BCUT2D eigenvalue weighted by molar-refractivity contribution is 5.41. The van der Waals surface area contributed by atoms with Crippen molar-refractivity contribution < 1.29 is 4.74 Å². The van der Waals surface area contributed by atoms with E-state index in [2.05, 4.69) is 26.1 Å². The third kappa shape index (κ3) is 3.63. The molecule has 1 fully saturated rings. The number of hydrogen-bond acceptors (Lipinski definition) is 3. The second-order valence-electron chi connectivity index (χ2n) is 5.94. The summed E-state index contributed by atoms with van der Waals surface area (Å²) < 4.78 is 7.65. The van der Waals surface area contributed by atoms with E-state index in [4.69, 9.17) is 4.74 Å². The lowest BCUT2D eigenvalue weighted by Gasteiger charge is -2.38. The molecule has 1 saturated heterocycles. The maximum atomic E-state index is 11.7. The Labute approximate surface area is 121 Å². The van der Waals surface area contributed by atoms with E-state index in [0.717, 1.165) is 44.5 Å². The van der Waals surface area contributed by atoms with Crippen LogP contribution in [0.4, 0.5) is 5.69 Å². The minimum atomic E-state index is -0.0201. The van der Waals surface area contributed by atoms with Crippen molar-refractivity contribution >= 4 is 5.69 Å². The predicted octanol–water partition coefficient (Wildman–Crippen LogP) is 3.02. The van der Waals surface area contributed by atoms with Crippen LogP contribution in [0.1, 0.15) is 46.5 Å². The molecule has 0 saturated carbocycles. The van der Waals surface area contributed by atoms with Crippen LogP contribution < -0.4 is 10.9 Å². The van der Waals surface area contributed by atoms with Gasteiger partial charge in [0.05, 0.1) is 11.3 Å². The Morgan fingerprint density at radius 2 is 2.25 bits per heavy atom. The van der Waals surface area contributed by atoms with Gasteiger partial charge in [0, 0.05) is 31.5 Å². The fourth-order valence-electron chi connectivity index (χ4n) is 2.77. The Kier molecular flexibility index (Phi) is 4.86. The molecule has 0 aromatic carbocycles. The summed E-state index contributed by atoms with van der Waals surface area (Å²) in [6, 6.07) is 3.95. The highest BCUT2D eigenvalue weighted by Gasteiger charge is 2.31. The number of ether oxygens (including phenoxy) is 1. The van der Waals surface area contributed by atoms with E-state index in [9.17, 15) is 4.79 Å². The van der Waals surface area contributed by atoms with E-state index in [1.54, 1.807) is 10.6 Å². The highest BCUT2D eigenvalue weighted by atomic mass is 16.5. The highest BCUT2D eigenvalue weighted by Crippen LogP contribution is 2.29. The van der Waals surface area contributed by atoms with Crippen LogP contribution in [-0.4, -0.2) is 22.8 Å². The summed E-state index contributed by atoms with van der Waals surface area (Å²) in [6.45, 7) is 8.01. The summed E-state index contributed by atoms with van der Waals surface area (Å²) in [7, 11) is 0. The van der Waals surface area contributed by atoms with Gasteiger partial charge in [0.2, 0.25) is 0 Å². The summed E-state index contributed by atoms with van der Waals surface area (Å²) in [6.07, 6.45) is 5.96. The minimum absolute atomic E-state index is 0.0201. The number of hydrogen-bond donors (Lipinski definition) is 1. The molecule has 1 N–H and O–H groups in total. The van der Waals surface area contributed by atoms with Crippen LogP contribution in [0.15, 0.2) is 23.1 Å². The number of rotatable bonds is 5. The number of aromatic nitrogens is 1. The first-order valence-corrected chi connectivity index (χ1v) is 7.67. The standard InChI is InChI=1S/C16H26N2O2/c1-4-9-18-12-14(6-7-15(18)19)17-13-8-10-20-16(3,5-2)11-13/h6-7,12-13,17H,4-5,8-11H2,1-3H3. The molecule has 4 nitrogen and oxygen atoms in total. The van der Waals surface area contributed by atoms with Crippen molar-refractivity contribution in [2.75, 3.05) is 11.9 Å². The third-order valence-corrected chi connectivity index (χ3v) is 4.16. The van der Waals surface area contributed by atoms with E-state index in [1.807, 2.05) is 12.3 Å². The molecule has 0 bridgehead atoms. The van der Waals surface area contributed by atoms with Gasteiger partial charge in [-0.05, 0) is 38.7 Å². The number of anilines is 1. The smallest absolute Gasteiger partial charge is 0.250 e. The van der Waals surface area contributed by atoms with Crippen LogP contribution in [0.5, 0.6) is 0 Å². The lowest BCUT2D eigenvalue weighted by atomic mass is 9.90. The van der Waals surface area contributed by atoms with Gasteiger partial charge in [0.25, 0.3) is 5.56 Å². The molecule has 2 unspecified atom stereocenters. The van der Waals surface area contributed by atoms with Gasteiger partial charge in [0.15, 0.2) is 0 Å². The van der Waals surface area contributed by atoms with Crippen molar-refractivity contribution in [1.29, 1.82) is 0 Å². The SMILES string of the molecule is CCCn1cc(NC2CCOC(C)(CC)C2)ccc1=O. The van der Waals surface area contributed by atoms with Crippen molar-refractivity contribution in [3.63, 3.8) is 0 Å². The van der Waals surface area contributed by atoms with E-state index < -0.39 is 0 Å². The minimum Gasteiger partial charge on any atom is -0.381 e. The fraction of sp³-hybridized carbons (Fsp3) is 0.688. The largest absolute Gasteiger partial charge is 0.381 e. The summed E-state index contributed by atoms with van der Waals surface area (Å²) in [4.78, 5) is 11.7. The molecule has 0 radical (unpaired) electrons. The van der Waals surface area contributed by atoms with Crippen LogP contribution in [0, 0.1) is 0 Å². The summed E-state index contributed by atoms with van der Waals surface area (Å²) in [5.41, 5.74) is 1.08. The predicted molar refractivity (Wildman–Crippen MR) is 82.3 cm³/mol. The van der Waals surface area contributed by atoms with E-state index >= 15 is 0 Å².